The molecule has 33 heavy (non-hydrogen) atoms. The Morgan fingerprint density at radius 3 is 2.36 bits per heavy atom. The highest BCUT2D eigenvalue weighted by Crippen LogP contribution is 2.34. The number of fused-ring (bicyclic) bond motifs is 1. The van der Waals surface area contributed by atoms with E-state index in [-0.39, 0.29) is 35.1 Å². The lowest BCUT2D eigenvalue weighted by Gasteiger charge is -2.32. The fourth-order valence-electron chi connectivity index (χ4n) is 3.98. The minimum absolute atomic E-state index is 0.0759. The molecule has 1 aliphatic rings. The van der Waals surface area contributed by atoms with Crippen molar-refractivity contribution in [1.82, 2.24) is 4.90 Å². The van der Waals surface area contributed by atoms with Gasteiger partial charge in [-0.25, -0.2) is 8.42 Å². The van der Waals surface area contributed by atoms with Crippen molar-refractivity contribution >= 4 is 21.6 Å². The number of para-hydroxylation sites is 1. The number of carbonyl (C=O) groups is 1. The molecule has 0 aliphatic carbocycles. The summed E-state index contributed by atoms with van der Waals surface area (Å²) in [6.07, 6.45) is 0. The maximum Gasteiger partial charge on any atom is 0.264 e. The summed E-state index contributed by atoms with van der Waals surface area (Å²) in [5.41, 5.74) is 11.4. The van der Waals surface area contributed by atoms with Crippen molar-refractivity contribution in [3.63, 3.8) is 0 Å². The number of nitrogens with zero attached hydrogens (tertiary/aromatic N) is 5. The molecule has 0 fully saturated rings. The third-order valence-electron chi connectivity index (χ3n) is 5.57. The summed E-state index contributed by atoms with van der Waals surface area (Å²) in [6, 6.07) is 21.9. The van der Waals surface area contributed by atoms with Crippen molar-refractivity contribution in [2.24, 2.45) is 5.11 Å². The minimum atomic E-state index is -4.04. The molecular weight excluding hydrogens is 438 g/mol. The second-order valence-electron chi connectivity index (χ2n) is 7.87. The summed E-state index contributed by atoms with van der Waals surface area (Å²) < 4.78 is 28.9. The van der Waals surface area contributed by atoms with Gasteiger partial charge >= 0.3 is 0 Å². The molecule has 3 aromatic rings. The van der Waals surface area contributed by atoms with E-state index >= 15 is 0 Å². The van der Waals surface area contributed by atoms with E-state index in [9.17, 15) is 13.2 Å². The Bertz CT molecular complexity index is 1300. The minimum Gasteiger partial charge on any atom is -0.332 e. The van der Waals surface area contributed by atoms with Crippen molar-refractivity contribution in [2.75, 3.05) is 17.4 Å². The van der Waals surface area contributed by atoms with E-state index in [0.29, 0.717) is 6.54 Å². The lowest BCUT2D eigenvalue weighted by Crippen LogP contribution is -2.47. The largest absolute Gasteiger partial charge is 0.332 e. The number of carbonyl (C=O) groups excluding carboxylic acids is 1. The summed E-state index contributed by atoms with van der Waals surface area (Å²) in [5.74, 6) is -0.276. The zero-order chi connectivity index (χ0) is 23.4. The molecule has 0 N–H and O–H groups in total. The van der Waals surface area contributed by atoms with Crippen molar-refractivity contribution in [3.8, 4) is 0 Å². The number of hydrogen-bond donors (Lipinski definition) is 0. The molecule has 1 amide bonds. The Hall–Kier alpha value is -3.81. The van der Waals surface area contributed by atoms with E-state index in [4.69, 9.17) is 5.53 Å². The predicted molar refractivity (Wildman–Crippen MR) is 126 cm³/mol. The lowest BCUT2D eigenvalue weighted by molar-refractivity contribution is 0.0743. The third kappa shape index (κ3) is 4.55. The van der Waals surface area contributed by atoms with Gasteiger partial charge in [0.15, 0.2) is 0 Å². The van der Waals surface area contributed by atoms with Crippen LogP contribution in [-0.2, 0) is 16.6 Å². The summed E-state index contributed by atoms with van der Waals surface area (Å²) in [7, 11) is -4.04. The zero-order valence-electron chi connectivity index (χ0n) is 18.1. The molecule has 9 heteroatoms. The molecule has 0 aromatic heterocycles. The number of hydrogen-bond acceptors (Lipinski definition) is 4. The van der Waals surface area contributed by atoms with Gasteiger partial charge in [-0.2, -0.15) is 0 Å². The molecule has 0 saturated heterocycles. The molecule has 1 heterocycles. The lowest BCUT2D eigenvalue weighted by atomic mass is 10.1. The first-order valence-electron chi connectivity index (χ1n) is 10.5. The molecule has 4 rings (SSSR count). The van der Waals surface area contributed by atoms with Crippen LogP contribution in [0, 0.1) is 6.92 Å². The Kier molecular flexibility index (Phi) is 6.35. The molecule has 0 spiro atoms. The highest BCUT2D eigenvalue weighted by Gasteiger charge is 2.39. The first kappa shape index (κ1) is 22.4. The van der Waals surface area contributed by atoms with Crippen molar-refractivity contribution < 1.29 is 13.2 Å². The molecule has 168 valence electrons. The van der Waals surface area contributed by atoms with Crippen LogP contribution in [-0.4, -0.2) is 38.4 Å². The van der Waals surface area contributed by atoms with E-state index in [1.165, 1.54) is 4.31 Å². The van der Waals surface area contributed by atoms with Gasteiger partial charge in [0, 0.05) is 24.5 Å². The van der Waals surface area contributed by atoms with Gasteiger partial charge in [0.05, 0.1) is 22.2 Å². The molecule has 1 unspecified atom stereocenters. The van der Waals surface area contributed by atoms with Crippen LogP contribution in [0.4, 0.5) is 5.69 Å². The maximum absolute atomic E-state index is 13.8. The SMILES string of the molecule is Cc1ccc(S(=O)(=O)N2c3ccccc3C(=O)N(Cc3ccccc3)CC2CN=[N+]=[N-])cc1. The number of benzene rings is 3. The van der Waals surface area contributed by atoms with Crippen molar-refractivity contribution in [3.05, 3.63) is 106 Å². The molecule has 0 bridgehead atoms. The first-order chi connectivity index (χ1) is 15.9. The van der Waals surface area contributed by atoms with Crippen LogP contribution >= 0.6 is 0 Å². The zero-order valence-corrected chi connectivity index (χ0v) is 18.9. The quantitative estimate of drug-likeness (QED) is 0.306. The van der Waals surface area contributed by atoms with Crippen LogP contribution in [0.5, 0.6) is 0 Å². The number of anilines is 1. The summed E-state index contributed by atoms with van der Waals surface area (Å²) in [5, 5.41) is 3.68. The van der Waals surface area contributed by atoms with E-state index in [1.807, 2.05) is 37.3 Å². The second kappa shape index (κ2) is 9.36. The Morgan fingerprint density at radius 1 is 1.00 bits per heavy atom. The predicted octanol–water partition coefficient (Wildman–Crippen LogP) is 4.53. The van der Waals surface area contributed by atoms with Crippen molar-refractivity contribution in [1.29, 1.82) is 0 Å². The monoisotopic (exact) mass is 461 g/mol. The van der Waals surface area contributed by atoms with Gasteiger partial charge in [-0.3, -0.25) is 9.10 Å². The van der Waals surface area contributed by atoms with E-state index in [1.54, 1.807) is 53.4 Å². The molecule has 1 atom stereocenters. The number of aryl methyl sites for hydroxylation is 1. The van der Waals surface area contributed by atoms with Crippen LogP contribution < -0.4 is 4.31 Å². The number of sulfonamides is 1. The van der Waals surface area contributed by atoms with Crippen LogP contribution in [0.15, 0.2) is 88.9 Å². The van der Waals surface area contributed by atoms with Gasteiger partial charge in [0.1, 0.15) is 0 Å². The standard InChI is InChI=1S/C24H23N5O3S/c1-18-11-13-21(14-12-18)33(31,32)29-20(15-26-27-25)17-28(16-19-7-3-2-4-8-19)24(30)22-9-5-6-10-23(22)29/h2-14,20H,15-17H2,1H3. The fraction of sp³-hybridized carbons (Fsp3) is 0.208. The normalized spacial score (nSPS) is 16.0. The molecule has 3 aromatic carbocycles. The highest BCUT2D eigenvalue weighted by molar-refractivity contribution is 7.92. The second-order valence-corrected chi connectivity index (χ2v) is 9.68. The van der Waals surface area contributed by atoms with E-state index < -0.39 is 16.1 Å². The Morgan fingerprint density at radius 2 is 1.67 bits per heavy atom. The van der Waals surface area contributed by atoms with Crippen molar-refractivity contribution in [2.45, 2.75) is 24.4 Å². The maximum atomic E-state index is 13.8. The Labute approximate surface area is 192 Å². The summed E-state index contributed by atoms with van der Waals surface area (Å²) >= 11 is 0. The van der Waals surface area contributed by atoms with Gasteiger partial charge in [0.2, 0.25) is 0 Å². The highest BCUT2D eigenvalue weighted by atomic mass is 32.2. The molecule has 1 aliphatic heterocycles. The summed E-state index contributed by atoms with van der Waals surface area (Å²) in [4.78, 5) is 18.1. The summed E-state index contributed by atoms with van der Waals surface area (Å²) in [6.45, 7) is 2.14. The molecule has 0 saturated carbocycles. The van der Waals surface area contributed by atoms with Gasteiger partial charge in [0.25, 0.3) is 15.9 Å². The molecular formula is C24H23N5O3S. The van der Waals surface area contributed by atoms with Gasteiger partial charge < -0.3 is 4.90 Å². The van der Waals surface area contributed by atoms with Crippen LogP contribution in [0.25, 0.3) is 10.4 Å². The fourth-order valence-corrected chi connectivity index (χ4v) is 5.63. The van der Waals surface area contributed by atoms with Gasteiger partial charge in [-0.05, 0) is 42.3 Å². The molecule has 8 nitrogen and oxygen atoms in total. The van der Waals surface area contributed by atoms with Crippen LogP contribution in [0.2, 0.25) is 0 Å². The number of azide groups is 1. The van der Waals surface area contributed by atoms with E-state index in [2.05, 4.69) is 10.0 Å². The topological polar surface area (TPSA) is 106 Å². The average Bonchev–Trinajstić information content (AvgIpc) is 2.93. The molecule has 0 radical (unpaired) electrons. The Balaban J connectivity index is 1.86. The van der Waals surface area contributed by atoms with Gasteiger partial charge in [-0.15, -0.1) is 0 Å². The number of amides is 1. The van der Waals surface area contributed by atoms with Gasteiger partial charge in [-0.1, -0.05) is 65.3 Å². The average molecular weight is 462 g/mol. The smallest absolute Gasteiger partial charge is 0.264 e. The third-order valence-corrected chi connectivity index (χ3v) is 7.45. The van der Waals surface area contributed by atoms with Crippen LogP contribution in [0.1, 0.15) is 21.5 Å². The first-order valence-corrected chi connectivity index (χ1v) is 11.9. The van der Waals surface area contributed by atoms with E-state index in [0.717, 1.165) is 11.1 Å². The number of rotatable bonds is 6. The van der Waals surface area contributed by atoms with Crippen LogP contribution in [0.3, 0.4) is 0 Å².